The van der Waals surface area contributed by atoms with E-state index in [0.29, 0.717) is 11.8 Å². The Morgan fingerprint density at radius 3 is 0.806 bits per heavy atom. The second-order valence-corrected chi connectivity index (χ2v) is 17.7. The van der Waals surface area contributed by atoms with E-state index in [2.05, 4.69) is 184 Å². The van der Waals surface area contributed by atoms with Crippen LogP contribution in [0.4, 0.5) is 0 Å². The molecule has 0 unspecified atom stereocenters. The Kier molecular flexibility index (Phi) is 12.5. The largest absolute Gasteiger partial charge is 0.472 e. The van der Waals surface area contributed by atoms with Crippen molar-refractivity contribution in [1.82, 2.24) is 0 Å². The van der Waals surface area contributed by atoms with E-state index in [1.165, 1.54) is 0 Å². The number of hydrogen-bond donors (Lipinski definition) is 0. The van der Waals surface area contributed by atoms with Crippen molar-refractivity contribution in [3.05, 3.63) is 287 Å². The Morgan fingerprint density at radius 2 is 0.567 bits per heavy atom. The zero-order valence-electron chi connectivity index (χ0n) is 37.8. The Morgan fingerprint density at radius 1 is 0.343 bits per heavy atom. The topological polar surface area (TPSA) is 61.6 Å². The van der Waals surface area contributed by atoms with E-state index in [1.54, 1.807) is 0 Å². The van der Waals surface area contributed by atoms with Crippen LogP contribution in [0.3, 0.4) is 0 Å². The molecule has 67 heavy (non-hydrogen) atoms. The SMILES string of the molecule is CC(C)(C1=N[C@H](c2ccccc2)[C@@H](COC(c2ccccc2)(c2ccccc2)c2ccccc2)O1)C1=N[C@H](c2ccccc2)[C@@H](COC(c2ccccc2)(c2ccccc2)c2ccccc2)O1. The minimum Gasteiger partial charge on any atom is -0.472 e. The monoisotopic (exact) mass is 878 g/mol. The summed E-state index contributed by atoms with van der Waals surface area (Å²) in [6.45, 7) is 4.65. The molecule has 0 saturated carbocycles. The minimum atomic E-state index is -0.935. The van der Waals surface area contributed by atoms with Crippen molar-refractivity contribution in [3.8, 4) is 0 Å². The van der Waals surface area contributed by atoms with Gasteiger partial charge in [-0.15, -0.1) is 0 Å². The van der Waals surface area contributed by atoms with E-state index in [4.69, 9.17) is 28.9 Å². The maximum absolute atomic E-state index is 7.40. The van der Waals surface area contributed by atoms with Crippen LogP contribution in [0.5, 0.6) is 0 Å². The van der Waals surface area contributed by atoms with Crippen LogP contribution in [-0.4, -0.2) is 37.2 Å². The van der Waals surface area contributed by atoms with Gasteiger partial charge in [-0.3, -0.25) is 0 Å². The molecule has 4 atom stereocenters. The van der Waals surface area contributed by atoms with E-state index >= 15 is 0 Å². The van der Waals surface area contributed by atoms with Gasteiger partial charge in [-0.05, 0) is 58.4 Å². The number of benzene rings is 8. The molecule has 10 rings (SSSR count). The molecular formula is C61H54N2O4. The summed E-state index contributed by atoms with van der Waals surface area (Å²) in [5.74, 6) is 1.08. The van der Waals surface area contributed by atoms with Gasteiger partial charge < -0.3 is 18.9 Å². The third kappa shape index (κ3) is 8.51. The highest BCUT2D eigenvalue weighted by atomic mass is 16.6. The molecule has 2 aliphatic heterocycles. The van der Waals surface area contributed by atoms with Crippen LogP contribution in [0.15, 0.2) is 253 Å². The Labute approximate surface area is 394 Å². The maximum atomic E-state index is 7.40. The van der Waals surface area contributed by atoms with E-state index < -0.39 is 28.8 Å². The van der Waals surface area contributed by atoms with Gasteiger partial charge in [-0.1, -0.05) is 243 Å². The van der Waals surface area contributed by atoms with Crippen LogP contribution in [0.2, 0.25) is 0 Å². The van der Waals surface area contributed by atoms with Crippen molar-refractivity contribution in [2.24, 2.45) is 15.4 Å². The van der Waals surface area contributed by atoms with Crippen molar-refractivity contribution in [2.75, 3.05) is 13.2 Å². The molecule has 0 aromatic heterocycles. The molecule has 332 valence electrons. The van der Waals surface area contributed by atoms with Gasteiger partial charge in [0.25, 0.3) is 0 Å². The molecule has 8 aromatic rings. The first-order valence-corrected chi connectivity index (χ1v) is 23.2. The van der Waals surface area contributed by atoms with Crippen LogP contribution in [-0.2, 0) is 30.1 Å². The summed E-state index contributed by atoms with van der Waals surface area (Å²) >= 11 is 0. The predicted molar refractivity (Wildman–Crippen MR) is 267 cm³/mol. The molecule has 8 aromatic carbocycles. The van der Waals surface area contributed by atoms with E-state index in [9.17, 15) is 0 Å². The minimum absolute atomic E-state index is 0.234. The zero-order chi connectivity index (χ0) is 45.5. The quantitative estimate of drug-likeness (QED) is 0.0907. The van der Waals surface area contributed by atoms with Crippen molar-refractivity contribution >= 4 is 11.8 Å². The predicted octanol–water partition coefficient (Wildman–Crippen LogP) is 13.1. The zero-order valence-corrected chi connectivity index (χ0v) is 37.8. The van der Waals surface area contributed by atoms with Crippen LogP contribution in [0.25, 0.3) is 0 Å². The van der Waals surface area contributed by atoms with Gasteiger partial charge in [0.1, 0.15) is 40.9 Å². The van der Waals surface area contributed by atoms with E-state index in [1.807, 2.05) is 72.8 Å². The summed E-state index contributed by atoms with van der Waals surface area (Å²) in [5.41, 5.74) is 5.46. The number of aliphatic imine (C=N–C) groups is 2. The Bertz CT molecular complexity index is 2490. The molecule has 0 bridgehead atoms. The van der Waals surface area contributed by atoms with Gasteiger partial charge in [-0.2, -0.15) is 0 Å². The van der Waals surface area contributed by atoms with Crippen molar-refractivity contribution in [1.29, 1.82) is 0 Å². The van der Waals surface area contributed by atoms with Gasteiger partial charge in [0, 0.05) is 0 Å². The molecule has 0 N–H and O–H groups in total. The fourth-order valence-corrected chi connectivity index (χ4v) is 9.68. The van der Waals surface area contributed by atoms with Crippen LogP contribution >= 0.6 is 0 Å². The Hall–Kier alpha value is -7.38. The fraction of sp³-hybridized carbons (Fsp3) is 0.180. The van der Waals surface area contributed by atoms with Crippen molar-refractivity contribution in [3.63, 3.8) is 0 Å². The molecular weight excluding hydrogens is 825 g/mol. The first kappa shape index (κ1) is 43.5. The highest BCUT2D eigenvalue weighted by molar-refractivity contribution is 6.05. The molecule has 0 saturated heterocycles. The summed E-state index contributed by atoms with van der Waals surface area (Å²) in [5, 5.41) is 0. The molecule has 0 fully saturated rings. The highest BCUT2D eigenvalue weighted by Gasteiger charge is 2.49. The maximum Gasteiger partial charge on any atom is 0.199 e. The van der Waals surface area contributed by atoms with Gasteiger partial charge in [0.15, 0.2) is 11.8 Å². The van der Waals surface area contributed by atoms with E-state index in [-0.39, 0.29) is 25.3 Å². The standard InChI is InChI=1S/C61H54N2O4/c1-59(2,57-62-55(45-27-11-3-12-28-45)53(66-57)43-64-60(47-31-15-5-16-32-47,48-33-17-6-18-34-48)49-35-19-7-20-36-49)58-63-56(46-29-13-4-14-30-46)54(67-58)44-65-61(50-37-21-8-22-38-50,51-39-23-9-24-40-51)52-41-25-10-26-42-52/h3-42,53-56H,43-44H2,1-2H3/t53-,54-,55-,56-/m1/s1. The van der Waals surface area contributed by atoms with Crippen LogP contribution < -0.4 is 0 Å². The lowest BCUT2D eigenvalue weighted by molar-refractivity contribution is -0.0379. The van der Waals surface area contributed by atoms with Crippen molar-refractivity contribution in [2.45, 2.75) is 49.3 Å². The third-order valence-corrected chi connectivity index (χ3v) is 13.1. The molecule has 0 amide bonds. The highest BCUT2D eigenvalue weighted by Crippen LogP contribution is 2.46. The molecule has 2 heterocycles. The van der Waals surface area contributed by atoms with Crippen LogP contribution in [0, 0.1) is 5.41 Å². The van der Waals surface area contributed by atoms with Crippen LogP contribution in [0.1, 0.15) is 70.4 Å². The molecule has 6 nitrogen and oxygen atoms in total. The lowest BCUT2D eigenvalue weighted by Gasteiger charge is -2.37. The molecule has 2 aliphatic rings. The molecule has 0 aliphatic carbocycles. The number of rotatable bonds is 16. The summed E-state index contributed by atoms with van der Waals surface area (Å²) < 4.78 is 29.0. The average molecular weight is 879 g/mol. The number of nitrogens with zero attached hydrogens (tertiary/aromatic N) is 2. The van der Waals surface area contributed by atoms with Gasteiger partial charge in [0.2, 0.25) is 0 Å². The van der Waals surface area contributed by atoms with Gasteiger partial charge in [-0.25, -0.2) is 9.98 Å². The summed E-state index contributed by atoms with van der Waals surface area (Å²) in [7, 11) is 0. The second-order valence-electron chi connectivity index (χ2n) is 17.7. The Balaban J connectivity index is 0.992. The first-order valence-electron chi connectivity index (χ1n) is 23.2. The normalized spacial score (nSPS) is 18.4. The summed E-state index contributed by atoms with van der Waals surface area (Å²) in [6, 6.07) is 82.6. The van der Waals surface area contributed by atoms with Crippen molar-refractivity contribution < 1.29 is 18.9 Å². The van der Waals surface area contributed by atoms with Gasteiger partial charge >= 0.3 is 0 Å². The van der Waals surface area contributed by atoms with Gasteiger partial charge in [0.05, 0.1) is 13.2 Å². The molecule has 6 heteroatoms. The molecule has 0 radical (unpaired) electrons. The smallest absolute Gasteiger partial charge is 0.199 e. The summed E-state index contributed by atoms with van der Waals surface area (Å²) in [4.78, 5) is 10.8. The lowest BCUT2D eigenvalue weighted by Crippen LogP contribution is -2.40. The fourth-order valence-electron chi connectivity index (χ4n) is 9.68. The van der Waals surface area contributed by atoms with E-state index in [0.717, 1.165) is 44.5 Å². The molecule has 0 spiro atoms. The lowest BCUT2D eigenvalue weighted by atomic mass is 9.80. The third-order valence-electron chi connectivity index (χ3n) is 13.1. The number of ether oxygens (including phenoxy) is 4. The number of hydrogen-bond acceptors (Lipinski definition) is 6. The first-order chi connectivity index (χ1) is 33.0. The second kappa shape index (κ2) is 19.2. The average Bonchev–Trinajstić information content (AvgIpc) is 4.06. The summed E-state index contributed by atoms with van der Waals surface area (Å²) in [6.07, 6.45) is -0.942.